The Morgan fingerprint density at radius 3 is 2.69 bits per heavy atom. The largest absolute Gasteiger partial charge is 0.494 e. The Bertz CT molecular complexity index is 722. The number of hydrogen-bond acceptors (Lipinski definition) is 6. The Morgan fingerprint density at radius 1 is 1.35 bits per heavy atom. The number of carbonyl (C=O) groups excluding carboxylic acids is 1. The number of aromatic nitrogens is 1. The lowest BCUT2D eigenvalue weighted by Crippen LogP contribution is -2.32. The Hall–Kier alpha value is -2.54. The summed E-state index contributed by atoms with van der Waals surface area (Å²) in [6.45, 7) is 3.84. The quantitative estimate of drug-likeness (QED) is 0.751. The van der Waals surface area contributed by atoms with Gasteiger partial charge in [0.25, 0.3) is 0 Å². The van der Waals surface area contributed by atoms with Crippen LogP contribution in [0.25, 0.3) is 0 Å². The molecule has 0 saturated heterocycles. The first-order chi connectivity index (χ1) is 12.6. The van der Waals surface area contributed by atoms with Gasteiger partial charge in [-0.15, -0.1) is 0 Å². The molecule has 0 radical (unpaired) electrons. The molecule has 0 unspecified atom stereocenters. The van der Waals surface area contributed by atoms with Crippen LogP contribution in [0.15, 0.2) is 34.9 Å². The molecule has 26 heavy (non-hydrogen) atoms. The molecule has 7 nitrogen and oxygen atoms in total. The molecule has 1 aromatic heterocycles. The normalized spacial score (nSPS) is 20.1. The van der Waals surface area contributed by atoms with Gasteiger partial charge in [0.2, 0.25) is 5.91 Å². The summed E-state index contributed by atoms with van der Waals surface area (Å²) in [5.41, 5.74) is 0.872. The number of ether oxygens (including phenoxy) is 2. The van der Waals surface area contributed by atoms with Gasteiger partial charge in [-0.25, -0.2) is 0 Å². The highest BCUT2D eigenvalue weighted by atomic mass is 16.5. The van der Waals surface area contributed by atoms with E-state index in [2.05, 4.69) is 10.5 Å². The number of nitrogens with one attached hydrogen (secondary N) is 1. The lowest BCUT2D eigenvalue weighted by molar-refractivity contribution is -0.124. The molecule has 0 aliphatic heterocycles. The second-order valence-electron chi connectivity index (χ2n) is 6.41. The summed E-state index contributed by atoms with van der Waals surface area (Å²) < 4.78 is 16.7. The monoisotopic (exact) mass is 360 g/mol. The molecule has 1 aliphatic rings. The van der Waals surface area contributed by atoms with Gasteiger partial charge in [-0.1, -0.05) is 5.16 Å². The fraction of sp³-hybridized carbons (Fsp3) is 0.474. The summed E-state index contributed by atoms with van der Waals surface area (Å²) in [5.74, 6) is 2.10. The summed E-state index contributed by atoms with van der Waals surface area (Å²) in [6.07, 6.45) is 1.90. The van der Waals surface area contributed by atoms with Crippen molar-refractivity contribution in [2.75, 3.05) is 13.2 Å². The van der Waals surface area contributed by atoms with E-state index in [1.165, 1.54) is 0 Å². The van der Waals surface area contributed by atoms with E-state index in [1.54, 1.807) is 6.92 Å². The number of aliphatic hydroxyl groups is 1. The Kier molecular flexibility index (Phi) is 5.78. The molecule has 3 rings (SSSR count). The van der Waals surface area contributed by atoms with Gasteiger partial charge < -0.3 is 24.4 Å². The highest BCUT2D eigenvalue weighted by Gasteiger charge is 2.34. The fourth-order valence-electron chi connectivity index (χ4n) is 2.94. The molecular formula is C19H24N2O5. The first-order valence-electron chi connectivity index (χ1n) is 8.85. The zero-order valence-electron chi connectivity index (χ0n) is 15.0. The van der Waals surface area contributed by atoms with Gasteiger partial charge in [0.15, 0.2) is 5.76 Å². The minimum atomic E-state index is -0.543. The minimum Gasteiger partial charge on any atom is -0.494 e. The van der Waals surface area contributed by atoms with Gasteiger partial charge in [0.05, 0.1) is 24.4 Å². The van der Waals surface area contributed by atoms with Crippen molar-refractivity contribution in [1.82, 2.24) is 10.5 Å². The first kappa shape index (κ1) is 18.3. The van der Waals surface area contributed by atoms with E-state index in [0.29, 0.717) is 18.3 Å². The second-order valence-corrected chi connectivity index (χ2v) is 6.41. The Morgan fingerprint density at radius 2 is 2.04 bits per heavy atom. The van der Waals surface area contributed by atoms with Gasteiger partial charge in [-0.2, -0.15) is 0 Å². The Balaban J connectivity index is 1.48. The molecule has 140 valence electrons. The van der Waals surface area contributed by atoms with Crippen LogP contribution in [-0.4, -0.2) is 35.5 Å². The highest BCUT2D eigenvalue weighted by molar-refractivity contribution is 5.77. The van der Waals surface area contributed by atoms with Crippen LogP contribution in [0.1, 0.15) is 50.1 Å². The topological polar surface area (TPSA) is 93.8 Å². The SMILES string of the molecule is CCOc1ccc(OC2CC(c3cc([C@H](C)NC(=O)CO)on3)C2)cc1. The fourth-order valence-corrected chi connectivity index (χ4v) is 2.94. The smallest absolute Gasteiger partial charge is 0.246 e. The maximum Gasteiger partial charge on any atom is 0.246 e. The zero-order chi connectivity index (χ0) is 18.5. The number of benzene rings is 1. The minimum absolute atomic E-state index is 0.157. The predicted molar refractivity (Wildman–Crippen MR) is 94.1 cm³/mol. The van der Waals surface area contributed by atoms with E-state index >= 15 is 0 Å². The number of aliphatic hydroxyl groups excluding tert-OH is 1. The van der Waals surface area contributed by atoms with Crippen LogP contribution in [0.4, 0.5) is 0 Å². The van der Waals surface area contributed by atoms with Crippen molar-refractivity contribution < 1.29 is 23.9 Å². The van der Waals surface area contributed by atoms with Gasteiger partial charge in [0, 0.05) is 12.0 Å². The molecule has 0 bridgehead atoms. The van der Waals surface area contributed by atoms with Crippen molar-refractivity contribution in [3.8, 4) is 11.5 Å². The van der Waals surface area contributed by atoms with E-state index in [4.69, 9.17) is 19.1 Å². The number of rotatable bonds is 8. The number of amides is 1. The van der Waals surface area contributed by atoms with Gasteiger partial charge in [-0.05, 0) is 51.0 Å². The first-order valence-corrected chi connectivity index (χ1v) is 8.85. The van der Waals surface area contributed by atoms with E-state index in [1.807, 2.05) is 37.3 Å². The predicted octanol–water partition coefficient (Wildman–Crippen LogP) is 2.57. The molecule has 7 heteroatoms. The third-order valence-electron chi connectivity index (χ3n) is 4.45. The van der Waals surface area contributed by atoms with Crippen LogP contribution in [0.2, 0.25) is 0 Å². The molecule has 1 heterocycles. The summed E-state index contributed by atoms with van der Waals surface area (Å²) >= 11 is 0. The van der Waals surface area contributed by atoms with Crippen molar-refractivity contribution >= 4 is 5.91 Å². The standard InChI is InChI=1S/C19H24N2O5/c1-3-24-14-4-6-15(7-5-14)25-16-8-13(9-16)17-10-18(26-21-17)12(2)20-19(23)11-22/h4-7,10,12-13,16,22H,3,8-9,11H2,1-2H3,(H,20,23)/t12-,13?,16?/m0/s1. The number of hydrogen-bond donors (Lipinski definition) is 2. The summed E-state index contributed by atoms with van der Waals surface area (Å²) in [7, 11) is 0. The maximum absolute atomic E-state index is 11.2. The molecule has 0 spiro atoms. The maximum atomic E-state index is 11.2. The van der Waals surface area contributed by atoms with Gasteiger partial charge in [-0.3, -0.25) is 4.79 Å². The highest BCUT2D eigenvalue weighted by Crippen LogP contribution is 2.39. The van der Waals surface area contributed by atoms with E-state index < -0.39 is 12.5 Å². The second kappa shape index (κ2) is 8.23. The zero-order valence-corrected chi connectivity index (χ0v) is 15.0. The molecule has 1 saturated carbocycles. The van der Waals surface area contributed by atoms with Crippen molar-refractivity contribution in [3.05, 3.63) is 41.8 Å². The average Bonchev–Trinajstić information content (AvgIpc) is 3.09. The lowest BCUT2D eigenvalue weighted by atomic mass is 9.80. The van der Waals surface area contributed by atoms with Gasteiger partial charge in [0.1, 0.15) is 18.1 Å². The molecule has 1 amide bonds. The van der Waals surface area contributed by atoms with Crippen LogP contribution in [0, 0.1) is 0 Å². The molecule has 1 aromatic carbocycles. The molecule has 1 atom stereocenters. The molecule has 1 fully saturated rings. The third-order valence-corrected chi connectivity index (χ3v) is 4.45. The number of nitrogens with zero attached hydrogens (tertiary/aromatic N) is 1. The average molecular weight is 360 g/mol. The van der Waals surface area contributed by atoms with Crippen LogP contribution >= 0.6 is 0 Å². The van der Waals surface area contributed by atoms with Crippen LogP contribution in [-0.2, 0) is 4.79 Å². The summed E-state index contributed by atoms with van der Waals surface area (Å²) in [6, 6.07) is 9.17. The summed E-state index contributed by atoms with van der Waals surface area (Å²) in [4.78, 5) is 11.2. The van der Waals surface area contributed by atoms with E-state index in [0.717, 1.165) is 30.0 Å². The molecular weight excluding hydrogens is 336 g/mol. The molecule has 2 aromatic rings. The van der Waals surface area contributed by atoms with Crippen molar-refractivity contribution in [2.24, 2.45) is 0 Å². The van der Waals surface area contributed by atoms with Crippen LogP contribution in [0.3, 0.4) is 0 Å². The van der Waals surface area contributed by atoms with Crippen molar-refractivity contribution in [2.45, 2.75) is 44.8 Å². The van der Waals surface area contributed by atoms with Crippen molar-refractivity contribution in [1.29, 1.82) is 0 Å². The van der Waals surface area contributed by atoms with Crippen LogP contribution in [0.5, 0.6) is 11.5 Å². The Labute approximate surface area is 152 Å². The third kappa shape index (κ3) is 4.35. The lowest BCUT2D eigenvalue weighted by Gasteiger charge is -2.34. The molecule has 1 aliphatic carbocycles. The van der Waals surface area contributed by atoms with E-state index in [-0.39, 0.29) is 12.1 Å². The molecule has 2 N–H and O–H groups in total. The van der Waals surface area contributed by atoms with E-state index in [9.17, 15) is 4.79 Å². The van der Waals surface area contributed by atoms with Crippen LogP contribution < -0.4 is 14.8 Å². The summed E-state index contributed by atoms with van der Waals surface area (Å²) in [5, 5.41) is 15.5. The van der Waals surface area contributed by atoms with Crippen molar-refractivity contribution in [3.63, 3.8) is 0 Å². The number of carbonyl (C=O) groups is 1. The van der Waals surface area contributed by atoms with Gasteiger partial charge >= 0.3 is 0 Å².